The average molecular weight is 883 g/mol. The summed E-state index contributed by atoms with van der Waals surface area (Å²) in [6.45, 7) is 16.8. The molecule has 2 fully saturated rings. The van der Waals surface area contributed by atoms with E-state index >= 15 is 0 Å². The van der Waals surface area contributed by atoms with Crippen molar-refractivity contribution in [2.24, 2.45) is 0 Å². The number of imidazole rings is 2. The van der Waals surface area contributed by atoms with Crippen LogP contribution in [0.2, 0.25) is 0 Å². The van der Waals surface area contributed by atoms with Crippen molar-refractivity contribution in [3.8, 4) is 23.7 Å². The largest absolute Gasteiger partial charge is 0.443 e. The molecular weight excluding hydrogens is 821 g/mol. The highest BCUT2D eigenvalue weighted by molar-refractivity contribution is 5.92. The molecule has 2 aliphatic rings. The van der Waals surface area contributed by atoms with E-state index in [1.54, 1.807) is 49.5 Å². The average Bonchev–Trinajstić information content (AvgIpc) is 4.10. The summed E-state index contributed by atoms with van der Waals surface area (Å²) in [5, 5.41) is 0. The summed E-state index contributed by atoms with van der Waals surface area (Å²) in [4.78, 5) is 95.1. The Morgan fingerprint density at radius 3 is 1.33 bits per heavy atom. The summed E-state index contributed by atoms with van der Waals surface area (Å²) in [5.41, 5.74) is -3.69. The van der Waals surface area contributed by atoms with Gasteiger partial charge in [0.1, 0.15) is 0 Å². The van der Waals surface area contributed by atoms with Crippen LogP contribution < -0.4 is 22.5 Å². The van der Waals surface area contributed by atoms with Gasteiger partial charge in [-0.3, -0.25) is 37.7 Å². The van der Waals surface area contributed by atoms with Gasteiger partial charge in [0.25, 0.3) is 11.1 Å². The SMILES string of the molecule is CCCn1cnc2c1c(=O)n(CCC(C)(C#CCN1CCCC1)OC(=O)/C=C/C(=O)OC(C)(C#CCN1CCCC1)CCn1c(=O)c3c(ncn3CCC)n(CC)c1=O)c(=O)n2CC. The van der Waals surface area contributed by atoms with Gasteiger partial charge in [-0.25, -0.2) is 29.1 Å². The molecule has 0 bridgehead atoms. The van der Waals surface area contributed by atoms with Crippen LogP contribution in [-0.4, -0.2) is 110 Å². The van der Waals surface area contributed by atoms with Crippen molar-refractivity contribution >= 4 is 34.3 Å². The number of carbonyl (C=O) groups is 2. The molecule has 2 unspecified atom stereocenters. The van der Waals surface area contributed by atoms with E-state index in [9.17, 15) is 28.8 Å². The van der Waals surface area contributed by atoms with Crippen molar-refractivity contribution < 1.29 is 19.1 Å². The molecule has 2 aliphatic heterocycles. The lowest BCUT2D eigenvalue weighted by Crippen LogP contribution is -2.42. The van der Waals surface area contributed by atoms with Crippen LogP contribution in [0.15, 0.2) is 44.0 Å². The Morgan fingerprint density at radius 2 is 0.984 bits per heavy atom. The summed E-state index contributed by atoms with van der Waals surface area (Å²) in [5.74, 6) is 10.7. The summed E-state index contributed by atoms with van der Waals surface area (Å²) in [6, 6.07) is 0. The van der Waals surface area contributed by atoms with Crippen molar-refractivity contribution in [3.63, 3.8) is 0 Å². The van der Waals surface area contributed by atoms with Gasteiger partial charge in [-0.05, 0) is 92.4 Å². The van der Waals surface area contributed by atoms with Gasteiger partial charge in [-0.15, -0.1) is 0 Å². The number of hydrogen-bond acceptors (Lipinski definition) is 12. The molecule has 64 heavy (non-hydrogen) atoms. The van der Waals surface area contributed by atoms with E-state index in [-0.39, 0.29) is 25.9 Å². The van der Waals surface area contributed by atoms with Gasteiger partial charge in [0.05, 0.1) is 25.7 Å². The van der Waals surface area contributed by atoms with Crippen molar-refractivity contribution in [1.29, 1.82) is 0 Å². The fraction of sp³-hybridized carbons (Fsp3) is 0.609. The van der Waals surface area contributed by atoms with Gasteiger partial charge in [0, 0.05) is 64.3 Å². The molecule has 6 rings (SSSR count). The number of carbonyl (C=O) groups excluding carboxylic acids is 2. The zero-order valence-electron chi connectivity index (χ0n) is 38.2. The molecule has 0 radical (unpaired) electrons. The number of hydrogen-bond donors (Lipinski definition) is 0. The third-order valence-corrected chi connectivity index (χ3v) is 11.9. The highest BCUT2D eigenvalue weighted by atomic mass is 16.6. The topological polar surface area (TPSA) is 183 Å². The Bertz CT molecular complexity index is 2550. The fourth-order valence-corrected chi connectivity index (χ4v) is 8.40. The third-order valence-electron chi connectivity index (χ3n) is 11.9. The zero-order valence-corrected chi connectivity index (χ0v) is 38.2. The minimum absolute atomic E-state index is 0.00882. The maximum absolute atomic E-state index is 13.8. The standard InChI is InChI=1S/C46H62N10O8/c1-7-23-51-33-47-39-37(51)41(59)55(43(61)53(39)9-3)31-21-45(5,19-15-29-49-25-11-12-26-49)63-35(57)17-18-36(58)64-46(6,20-16-30-50-27-13-14-28-50)22-32-56-42(60)38-40(54(10-4)44(56)62)48-34-52(38)24-8-2/h17-18,33-34H,7-14,21-32H2,1-6H3/b18-17+. The Hall–Kier alpha value is -5.98. The van der Waals surface area contributed by atoms with Gasteiger partial charge in [-0.2, -0.15) is 0 Å². The van der Waals surface area contributed by atoms with Crippen LogP contribution >= 0.6 is 0 Å². The van der Waals surface area contributed by atoms with Gasteiger partial charge < -0.3 is 18.6 Å². The molecule has 2 saturated heterocycles. The van der Waals surface area contributed by atoms with Crippen LogP contribution in [0.3, 0.4) is 0 Å². The highest BCUT2D eigenvalue weighted by Crippen LogP contribution is 2.20. The molecule has 18 heteroatoms. The molecule has 0 spiro atoms. The molecule has 18 nitrogen and oxygen atoms in total. The quantitative estimate of drug-likeness (QED) is 0.0811. The minimum Gasteiger partial charge on any atom is -0.443 e. The van der Waals surface area contributed by atoms with Gasteiger partial charge in [-0.1, -0.05) is 37.5 Å². The summed E-state index contributed by atoms with van der Waals surface area (Å²) < 4.78 is 20.5. The summed E-state index contributed by atoms with van der Waals surface area (Å²) in [7, 11) is 0. The van der Waals surface area contributed by atoms with Crippen molar-refractivity contribution in [3.05, 3.63) is 66.5 Å². The highest BCUT2D eigenvalue weighted by Gasteiger charge is 2.30. The third kappa shape index (κ3) is 10.8. The van der Waals surface area contributed by atoms with Crippen LogP contribution in [0.4, 0.5) is 0 Å². The second-order valence-electron chi connectivity index (χ2n) is 16.9. The van der Waals surface area contributed by atoms with E-state index in [0.29, 0.717) is 61.6 Å². The van der Waals surface area contributed by atoms with Gasteiger partial charge in [0.15, 0.2) is 33.5 Å². The molecule has 4 aromatic heterocycles. The predicted octanol–water partition coefficient (Wildman–Crippen LogP) is 2.73. The van der Waals surface area contributed by atoms with Crippen LogP contribution in [0.25, 0.3) is 22.3 Å². The predicted molar refractivity (Wildman–Crippen MR) is 243 cm³/mol. The first kappa shape index (κ1) is 47.5. The maximum atomic E-state index is 13.8. The van der Waals surface area contributed by atoms with E-state index in [1.165, 1.54) is 9.13 Å². The molecule has 0 amide bonds. The first-order valence-corrected chi connectivity index (χ1v) is 22.7. The monoisotopic (exact) mass is 882 g/mol. The van der Waals surface area contributed by atoms with E-state index < -0.39 is 45.6 Å². The lowest BCUT2D eigenvalue weighted by atomic mass is 10.0. The van der Waals surface area contributed by atoms with Crippen LogP contribution in [0.1, 0.15) is 92.9 Å². The lowest BCUT2D eigenvalue weighted by Gasteiger charge is -2.25. The molecule has 6 heterocycles. The molecule has 4 aromatic rings. The van der Waals surface area contributed by atoms with Crippen LogP contribution in [0.5, 0.6) is 0 Å². The second kappa shape index (κ2) is 21.1. The normalized spacial score (nSPS) is 16.4. The van der Waals surface area contributed by atoms with E-state index in [4.69, 9.17) is 9.47 Å². The number of aryl methyl sites for hydroxylation is 4. The Kier molecular flexibility index (Phi) is 15.7. The molecule has 0 aromatic carbocycles. The molecule has 2 atom stereocenters. The number of rotatable bonds is 18. The Labute approximate surface area is 372 Å². The smallest absolute Gasteiger partial charge is 0.332 e. The van der Waals surface area contributed by atoms with Gasteiger partial charge >= 0.3 is 23.3 Å². The summed E-state index contributed by atoms with van der Waals surface area (Å²) >= 11 is 0. The second-order valence-corrected chi connectivity index (χ2v) is 16.9. The molecular formula is C46H62N10O8. The Balaban J connectivity index is 1.22. The first-order chi connectivity index (χ1) is 30.7. The number of likely N-dealkylation sites (tertiary alicyclic amines) is 2. The van der Waals surface area contributed by atoms with Gasteiger partial charge in [0.2, 0.25) is 0 Å². The zero-order chi connectivity index (χ0) is 46.0. The van der Waals surface area contributed by atoms with Crippen molar-refractivity contribution in [2.75, 3.05) is 39.3 Å². The van der Waals surface area contributed by atoms with Crippen LogP contribution in [-0.2, 0) is 58.3 Å². The minimum atomic E-state index is -1.46. The summed E-state index contributed by atoms with van der Waals surface area (Å²) in [6.07, 6.45) is 10.8. The number of aromatic nitrogens is 8. The number of fused-ring (bicyclic) bond motifs is 2. The number of nitrogens with zero attached hydrogens (tertiary/aromatic N) is 10. The first-order valence-electron chi connectivity index (χ1n) is 22.7. The molecule has 344 valence electrons. The maximum Gasteiger partial charge on any atom is 0.332 e. The number of ether oxygens (including phenoxy) is 2. The van der Waals surface area contributed by atoms with Crippen molar-refractivity contribution in [2.45, 2.75) is 143 Å². The van der Waals surface area contributed by atoms with Crippen LogP contribution in [0, 0.1) is 23.7 Å². The lowest BCUT2D eigenvalue weighted by molar-refractivity contribution is -0.150. The molecule has 0 aliphatic carbocycles. The number of esters is 2. The Morgan fingerprint density at radius 1 is 0.609 bits per heavy atom. The molecule has 0 saturated carbocycles. The van der Waals surface area contributed by atoms with E-state index in [1.807, 2.05) is 13.8 Å². The van der Waals surface area contributed by atoms with E-state index in [0.717, 1.165) is 86.0 Å². The van der Waals surface area contributed by atoms with E-state index in [2.05, 4.69) is 43.4 Å². The van der Waals surface area contributed by atoms with Crippen molar-refractivity contribution in [1.82, 2.24) is 47.2 Å². The fourth-order valence-electron chi connectivity index (χ4n) is 8.40. The molecule has 0 N–H and O–H groups in total.